The number of allylic oxidation sites excluding steroid dienone is 1. The Hall–Kier alpha value is -2.86. The molecule has 1 saturated carbocycles. The maximum Gasteiger partial charge on any atom is 0.00990 e. The van der Waals surface area contributed by atoms with Crippen molar-refractivity contribution in [2.75, 3.05) is 0 Å². The van der Waals surface area contributed by atoms with Gasteiger partial charge in [-0.1, -0.05) is 135 Å². The highest BCUT2D eigenvalue weighted by atomic mass is 14.3. The van der Waals surface area contributed by atoms with Crippen molar-refractivity contribution in [2.24, 2.45) is 11.8 Å². The Morgan fingerprint density at radius 2 is 1.35 bits per heavy atom. The number of benzene rings is 3. The van der Waals surface area contributed by atoms with Crippen LogP contribution in [0.25, 0.3) is 22.3 Å². The van der Waals surface area contributed by atoms with E-state index in [4.69, 9.17) is 0 Å². The Kier molecular flexibility index (Phi) is 11.6. The highest BCUT2D eigenvalue weighted by Gasteiger charge is 2.28. The number of hydrogen-bond acceptors (Lipinski definition) is 0. The van der Waals surface area contributed by atoms with Crippen LogP contribution in [0, 0.1) is 18.8 Å². The van der Waals surface area contributed by atoms with Crippen LogP contribution in [-0.4, -0.2) is 0 Å². The van der Waals surface area contributed by atoms with E-state index in [2.05, 4.69) is 109 Å². The van der Waals surface area contributed by atoms with E-state index in [0.717, 1.165) is 29.4 Å². The highest BCUT2D eigenvalue weighted by molar-refractivity contribution is 5.87. The fraction of sp³-hybridized carbons (Fsp3) is 0.450. The molecule has 3 aromatic rings. The SMILES string of the molecule is C=C(C)c1ccc2c(c1)-c1cc(C(=C)c3ccc(CC4CCCCC4)cc3C)ccc1C2CC.CC.CC(C)C. The van der Waals surface area contributed by atoms with Gasteiger partial charge < -0.3 is 0 Å². The minimum atomic E-state index is 0.479. The topological polar surface area (TPSA) is 0 Å². The van der Waals surface area contributed by atoms with Crippen molar-refractivity contribution >= 4 is 11.1 Å². The zero-order chi connectivity index (χ0) is 29.4. The first-order chi connectivity index (χ1) is 19.2. The summed E-state index contributed by atoms with van der Waals surface area (Å²) in [7, 11) is 0. The van der Waals surface area contributed by atoms with Crippen LogP contribution >= 0.6 is 0 Å². The van der Waals surface area contributed by atoms with E-state index >= 15 is 0 Å². The molecule has 1 fully saturated rings. The lowest BCUT2D eigenvalue weighted by Crippen LogP contribution is -2.09. The molecule has 214 valence electrons. The second kappa shape index (κ2) is 14.7. The average molecular weight is 535 g/mol. The van der Waals surface area contributed by atoms with Crippen LogP contribution < -0.4 is 0 Å². The van der Waals surface area contributed by atoms with Crippen LogP contribution in [0.3, 0.4) is 0 Å². The van der Waals surface area contributed by atoms with Crippen molar-refractivity contribution in [1.82, 2.24) is 0 Å². The Balaban J connectivity index is 0.000000677. The van der Waals surface area contributed by atoms with Gasteiger partial charge in [0.15, 0.2) is 0 Å². The average Bonchev–Trinajstić information content (AvgIpc) is 3.26. The van der Waals surface area contributed by atoms with Crippen LogP contribution in [0.4, 0.5) is 0 Å². The molecule has 5 rings (SSSR count). The lowest BCUT2D eigenvalue weighted by Gasteiger charge is -2.22. The first-order valence-corrected chi connectivity index (χ1v) is 15.9. The van der Waals surface area contributed by atoms with Crippen molar-refractivity contribution in [2.45, 2.75) is 106 Å². The summed E-state index contributed by atoms with van der Waals surface area (Å²) >= 11 is 0. The summed E-state index contributed by atoms with van der Waals surface area (Å²) in [6.45, 7) is 25.9. The van der Waals surface area contributed by atoms with E-state index in [1.165, 1.54) is 88.6 Å². The van der Waals surface area contributed by atoms with Gasteiger partial charge in [-0.15, -0.1) is 0 Å². The van der Waals surface area contributed by atoms with Gasteiger partial charge in [-0.05, 0) is 106 Å². The van der Waals surface area contributed by atoms with E-state index < -0.39 is 0 Å². The summed E-state index contributed by atoms with van der Waals surface area (Å²) in [5.74, 6) is 2.18. The zero-order valence-corrected chi connectivity index (χ0v) is 26.8. The molecule has 40 heavy (non-hydrogen) atoms. The molecule has 1 unspecified atom stereocenters. The van der Waals surface area contributed by atoms with Crippen LogP contribution in [0.1, 0.15) is 132 Å². The minimum Gasteiger partial charge on any atom is -0.0955 e. The predicted octanol–water partition coefficient (Wildman–Crippen LogP) is 12.4. The molecule has 0 amide bonds. The molecule has 0 radical (unpaired) electrons. The molecular weight excluding hydrogens is 480 g/mol. The summed E-state index contributed by atoms with van der Waals surface area (Å²) in [6.07, 6.45) is 9.39. The standard InChI is InChI=1S/C34H38.C4H10.C2H6/c1-6-29-31-16-13-27(22(2)3)20-33(31)34-21-28(14-17-32(29)34)24(5)30-15-12-26(18-23(30)4)19-25-10-8-7-9-11-25;1-4(2)3;1-2/h12-18,20-21,25,29H,2,5-11,19H2,1,3-4H3;4H,1-3H3;1-2H3. The van der Waals surface area contributed by atoms with Gasteiger partial charge in [0.25, 0.3) is 0 Å². The third-order valence-electron chi connectivity index (χ3n) is 8.26. The molecule has 0 N–H and O–H groups in total. The zero-order valence-electron chi connectivity index (χ0n) is 26.8. The Labute approximate surface area is 246 Å². The summed E-state index contributed by atoms with van der Waals surface area (Å²) in [6, 6.07) is 21.0. The molecule has 2 aliphatic carbocycles. The molecule has 0 heterocycles. The van der Waals surface area contributed by atoms with Gasteiger partial charge >= 0.3 is 0 Å². The van der Waals surface area contributed by atoms with Crippen molar-refractivity contribution in [3.8, 4) is 11.1 Å². The number of fused-ring (bicyclic) bond motifs is 3. The van der Waals surface area contributed by atoms with Crippen LogP contribution in [0.5, 0.6) is 0 Å². The first kappa shape index (κ1) is 31.7. The van der Waals surface area contributed by atoms with Crippen molar-refractivity contribution in [3.05, 3.63) is 107 Å². The monoisotopic (exact) mass is 534 g/mol. The maximum atomic E-state index is 4.55. The smallest absolute Gasteiger partial charge is 0.00990 e. The Morgan fingerprint density at radius 3 is 1.88 bits per heavy atom. The van der Waals surface area contributed by atoms with E-state index in [0.29, 0.717) is 5.92 Å². The molecule has 0 nitrogen and oxygen atoms in total. The van der Waals surface area contributed by atoms with E-state index in [9.17, 15) is 0 Å². The molecule has 3 aromatic carbocycles. The van der Waals surface area contributed by atoms with Gasteiger partial charge in [0.1, 0.15) is 0 Å². The van der Waals surface area contributed by atoms with E-state index in [-0.39, 0.29) is 0 Å². The number of hydrogen-bond donors (Lipinski definition) is 0. The normalized spacial score (nSPS) is 15.8. The summed E-state index contributed by atoms with van der Waals surface area (Å²) in [5.41, 5.74) is 14.5. The van der Waals surface area contributed by atoms with Gasteiger partial charge in [0.2, 0.25) is 0 Å². The van der Waals surface area contributed by atoms with Crippen LogP contribution in [0.2, 0.25) is 0 Å². The lowest BCUT2D eigenvalue weighted by molar-refractivity contribution is 0.356. The maximum absolute atomic E-state index is 4.55. The number of aryl methyl sites for hydroxylation is 1. The molecule has 0 aromatic heterocycles. The third-order valence-corrected chi connectivity index (χ3v) is 8.26. The number of rotatable bonds is 6. The third kappa shape index (κ3) is 7.45. The Morgan fingerprint density at radius 1 is 0.800 bits per heavy atom. The first-order valence-electron chi connectivity index (χ1n) is 15.9. The lowest BCUT2D eigenvalue weighted by atomic mass is 9.84. The van der Waals surface area contributed by atoms with Gasteiger partial charge in [-0.25, -0.2) is 0 Å². The quantitative estimate of drug-likeness (QED) is 0.295. The van der Waals surface area contributed by atoms with Crippen LogP contribution in [-0.2, 0) is 6.42 Å². The largest absolute Gasteiger partial charge is 0.0955 e. The van der Waals surface area contributed by atoms with Crippen molar-refractivity contribution in [1.29, 1.82) is 0 Å². The fourth-order valence-corrected chi connectivity index (χ4v) is 6.32. The van der Waals surface area contributed by atoms with Crippen LogP contribution in [0.15, 0.2) is 67.8 Å². The van der Waals surface area contributed by atoms with Gasteiger partial charge in [-0.3, -0.25) is 0 Å². The van der Waals surface area contributed by atoms with Gasteiger partial charge in [0, 0.05) is 5.92 Å². The van der Waals surface area contributed by atoms with Crippen molar-refractivity contribution < 1.29 is 0 Å². The minimum absolute atomic E-state index is 0.479. The second-order valence-corrected chi connectivity index (χ2v) is 12.4. The molecule has 2 aliphatic rings. The predicted molar refractivity (Wildman–Crippen MR) is 180 cm³/mol. The summed E-state index contributed by atoms with van der Waals surface area (Å²) < 4.78 is 0. The highest BCUT2D eigenvalue weighted by Crippen LogP contribution is 2.48. The van der Waals surface area contributed by atoms with Crippen molar-refractivity contribution in [3.63, 3.8) is 0 Å². The molecule has 0 aliphatic heterocycles. The van der Waals surface area contributed by atoms with E-state index in [1.807, 2.05) is 13.8 Å². The molecule has 1 atom stereocenters. The molecule has 0 saturated heterocycles. The Bertz CT molecular complexity index is 1290. The molecule has 0 spiro atoms. The summed E-state index contributed by atoms with van der Waals surface area (Å²) in [4.78, 5) is 0. The molecule has 0 heteroatoms. The fourth-order valence-electron chi connectivity index (χ4n) is 6.32. The summed E-state index contributed by atoms with van der Waals surface area (Å²) in [5, 5.41) is 0. The second-order valence-electron chi connectivity index (χ2n) is 12.4. The molecule has 0 bridgehead atoms. The molecular formula is C40H54. The van der Waals surface area contributed by atoms with Gasteiger partial charge in [0.05, 0.1) is 0 Å². The van der Waals surface area contributed by atoms with Gasteiger partial charge in [-0.2, -0.15) is 0 Å². The van der Waals surface area contributed by atoms with E-state index in [1.54, 1.807) is 0 Å².